The maximum Gasteiger partial charge on any atom is 0.255 e. The molecule has 5 rings (SSSR count). The fraction of sp³-hybridized carbons (Fsp3) is 0.179. The first kappa shape index (κ1) is 23.2. The molecule has 2 heterocycles. The van der Waals surface area contributed by atoms with Gasteiger partial charge in [0.25, 0.3) is 5.91 Å². The molecule has 2 N–H and O–H groups in total. The summed E-state index contributed by atoms with van der Waals surface area (Å²) in [7, 11) is 1.59. The van der Waals surface area contributed by atoms with Crippen molar-refractivity contribution in [2.45, 2.75) is 19.8 Å². The number of anilines is 2. The number of ether oxygens (including phenoxy) is 1. The van der Waals surface area contributed by atoms with Crippen LogP contribution in [0, 0.1) is 12.8 Å². The van der Waals surface area contributed by atoms with Gasteiger partial charge in [-0.2, -0.15) is 0 Å². The molecule has 4 aromatic rings. The van der Waals surface area contributed by atoms with Gasteiger partial charge in [0, 0.05) is 40.7 Å². The smallest absolute Gasteiger partial charge is 0.255 e. The summed E-state index contributed by atoms with van der Waals surface area (Å²) in [5.74, 6) is 1.57. The maximum atomic E-state index is 12.7. The van der Waals surface area contributed by atoms with Gasteiger partial charge in [0.05, 0.1) is 12.8 Å². The highest BCUT2D eigenvalue weighted by Crippen LogP contribution is 2.31. The van der Waals surface area contributed by atoms with Crippen molar-refractivity contribution in [2.75, 3.05) is 17.7 Å². The molecule has 1 saturated carbocycles. The van der Waals surface area contributed by atoms with Gasteiger partial charge in [-0.1, -0.05) is 6.07 Å². The summed E-state index contributed by atoms with van der Waals surface area (Å²) < 4.78 is 5.16. The number of methoxy groups -OCH3 is 1. The van der Waals surface area contributed by atoms with E-state index >= 15 is 0 Å². The van der Waals surface area contributed by atoms with Crippen LogP contribution in [-0.4, -0.2) is 33.9 Å². The molecular weight excluding hydrogens is 454 g/mol. The second-order valence-electron chi connectivity index (χ2n) is 8.67. The monoisotopic (exact) mass is 479 g/mol. The van der Waals surface area contributed by atoms with E-state index in [9.17, 15) is 9.59 Å². The van der Waals surface area contributed by atoms with Gasteiger partial charge in [-0.15, -0.1) is 0 Å². The Labute approximate surface area is 208 Å². The summed E-state index contributed by atoms with van der Waals surface area (Å²) in [6.45, 7) is 1.99. The Morgan fingerprint density at radius 2 is 1.69 bits per heavy atom. The fourth-order valence-corrected chi connectivity index (χ4v) is 3.78. The van der Waals surface area contributed by atoms with Crippen LogP contribution in [0.2, 0.25) is 0 Å². The fourth-order valence-electron chi connectivity index (χ4n) is 3.78. The van der Waals surface area contributed by atoms with Crippen LogP contribution in [0.4, 0.5) is 11.5 Å². The minimum Gasteiger partial charge on any atom is -0.497 e. The van der Waals surface area contributed by atoms with Gasteiger partial charge in [0.2, 0.25) is 5.91 Å². The molecular formula is C28H25N5O3. The van der Waals surface area contributed by atoms with Crippen molar-refractivity contribution in [3.8, 4) is 28.4 Å². The number of rotatable bonds is 7. The molecule has 0 atom stereocenters. The van der Waals surface area contributed by atoms with Crippen molar-refractivity contribution >= 4 is 23.3 Å². The summed E-state index contributed by atoms with van der Waals surface area (Å²) >= 11 is 0. The minimum atomic E-state index is -0.214. The predicted octanol–water partition coefficient (Wildman–Crippen LogP) is 5.12. The van der Waals surface area contributed by atoms with Gasteiger partial charge in [-0.25, -0.2) is 15.0 Å². The lowest BCUT2D eigenvalue weighted by molar-refractivity contribution is -0.117. The number of aryl methyl sites for hydroxylation is 1. The normalized spacial score (nSPS) is 12.6. The van der Waals surface area contributed by atoms with Crippen molar-refractivity contribution < 1.29 is 14.3 Å². The molecule has 0 bridgehead atoms. The quantitative estimate of drug-likeness (QED) is 0.381. The van der Waals surface area contributed by atoms with E-state index in [0.29, 0.717) is 28.6 Å². The lowest BCUT2D eigenvalue weighted by Crippen LogP contribution is -2.14. The zero-order valence-corrected chi connectivity index (χ0v) is 20.0. The Bertz CT molecular complexity index is 1430. The van der Waals surface area contributed by atoms with Gasteiger partial charge >= 0.3 is 0 Å². The van der Waals surface area contributed by atoms with Crippen LogP contribution in [0.25, 0.3) is 22.6 Å². The molecule has 2 aromatic carbocycles. The topological polar surface area (TPSA) is 106 Å². The SMILES string of the molecule is COc1ccc(C(=O)Nc2ccc(C)c(-c3ccnc(-c4ccnc(NC(=O)C5CC5)c4)n3)c2)cc1. The summed E-state index contributed by atoms with van der Waals surface area (Å²) in [6, 6.07) is 18.1. The number of carbonyl (C=O) groups is 2. The maximum absolute atomic E-state index is 12.7. The number of nitrogens with zero attached hydrogens (tertiary/aromatic N) is 3. The van der Waals surface area contributed by atoms with E-state index in [4.69, 9.17) is 9.72 Å². The number of carbonyl (C=O) groups excluding carboxylic acids is 2. The Morgan fingerprint density at radius 1 is 0.917 bits per heavy atom. The number of aromatic nitrogens is 3. The standard InChI is InChI=1S/C28H25N5O3/c1-17-3-8-21(31-27(34)19-6-9-22(36-2)10-7-19)16-23(17)24-12-14-30-26(32-24)20-11-13-29-25(15-20)33-28(35)18-4-5-18/h3,6-16,18H,4-5H2,1-2H3,(H,31,34)(H,29,33,35). The number of nitrogens with one attached hydrogen (secondary N) is 2. The van der Waals surface area contributed by atoms with Gasteiger partial charge in [-0.05, 0) is 79.9 Å². The van der Waals surface area contributed by atoms with Crippen LogP contribution in [-0.2, 0) is 4.79 Å². The second kappa shape index (κ2) is 9.95. The van der Waals surface area contributed by atoms with E-state index in [1.165, 1.54) is 0 Å². The van der Waals surface area contributed by atoms with Crippen molar-refractivity contribution in [3.05, 3.63) is 84.2 Å². The minimum absolute atomic E-state index is 0.00144. The third kappa shape index (κ3) is 5.22. The first-order chi connectivity index (χ1) is 17.5. The van der Waals surface area contributed by atoms with Crippen molar-refractivity contribution in [3.63, 3.8) is 0 Å². The Kier molecular flexibility index (Phi) is 6.40. The summed E-state index contributed by atoms with van der Waals surface area (Å²) in [5, 5.41) is 5.81. The molecule has 8 nitrogen and oxygen atoms in total. The van der Waals surface area contributed by atoms with Gasteiger partial charge in [0.15, 0.2) is 5.82 Å². The van der Waals surface area contributed by atoms with Gasteiger partial charge in [-0.3, -0.25) is 9.59 Å². The summed E-state index contributed by atoms with van der Waals surface area (Å²) in [5.41, 5.74) is 4.55. The second-order valence-corrected chi connectivity index (χ2v) is 8.67. The number of pyridine rings is 1. The molecule has 8 heteroatoms. The van der Waals surface area contributed by atoms with E-state index < -0.39 is 0 Å². The highest BCUT2D eigenvalue weighted by atomic mass is 16.5. The predicted molar refractivity (Wildman–Crippen MR) is 138 cm³/mol. The van der Waals surface area contributed by atoms with Crippen LogP contribution in [0.5, 0.6) is 5.75 Å². The lowest BCUT2D eigenvalue weighted by Gasteiger charge is -2.11. The molecule has 0 radical (unpaired) electrons. The average Bonchev–Trinajstić information content (AvgIpc) is 3.76. The van der Waals surface area contributed by atoms with Crippen LogP contribution in [0.1, 0.15) is 28.8 Å². The van der Waals surface area contributed by atoms with Crippen LogP contribution >= 0.6 is 0 Å². The van der Waals surface area contributed by atoms with E-state index in [-0.39, 0.29) is 17.7 Å². The number of benzene rings is 2. The molecule has 2 amide bonds. The van der Waals surface area contributed by atoms with Crippen LogP contribution < -0.4 is 15.4 Å². The summed E-state index contributed by atoms with van der Waals surface area (Å²) in [4.78, 5) is 38.3. The Hall–Kier alpha value is -4.59. The largest absolute Gasteiger partial charge is 0.497 e. The van der Waals surface area contributed by atoms with Crippen LogP contribution in [0.3, 0.4) is 0 Å². The molecule has 2 aromatic heterocycles. The highest BCUT2D eigenvalue weighted by Gasteiger charge is 2.29. The molecule has 0 spiro atoms. The molecule has 0 unspecified atom stereocenters. The van der Waals surface area contributed by atoms with Crippen molar-refractivity contribution in [1.29, 1.82) is 0 Å². The number of amides is 2. The van der Waals surface area contributed by atoms with Crippen molar-refractivity contribution in [1.82, 2.24) is 15.0 Å². The van der Waals surface area contributed by atoms with Gasteiger partial charge < -0.3 is 15.4 Å². The molecule has 0 aliphatic heterocycles. The van der Waals surface area contributed by atoms with Crippen LogP contribution in [0.15, 0.2) is 73.1 Å². The molecule has 0 saturated heterocycles. The summed E-state index contributed by atoms with van der Waals surface area (Å²) in [6.07, 6.45) is 5.18. The first-order valence-corrected chi connectivity index (χ1v) is 11.7. The number of hydrogen-bond acceptors (Lipinski definition) is 6. The lowest BCUT2D eigenvalue weighted by atomic mass is 10.0. The van der Waals surface area contributed by atoms with E-state index in [0.717, 1.165) is 35.2 Å². The molecule has 180 valence electrons. The van der Waals surface area contributed by atoms with E-state index in [1.54, 1.807) is 49.8 Å². The molecule has 1 fully saturated rings. The zero-order chi connectivity index (χ0) is 25.1. The molecule has 1 aliphatic carbocycles. The third-order valence-corrected chi connectivity index (χ3v) is 6.00. The molecule has 36 heavy (non-hydrogen) atoms. The van der Waals surface area contributed by atoms with Crippen molar-refractivity contribution in [2.24, 2.45) is 5.92 Å². The van der Waals surface area contributed by atoms with E-state index in [1.807, 2.05) is 37.3 Å². The third-order valence-electron chi connectivity index (χ3n) is 6.00. The zero-order valence-electron chi connectivity index (χ0n) is 20.0. The molecule has 1 aliphatic rings. The first-order valence-electron chi connectivity index (χ1n) is 11.7. The van der Waals surface area contributed by atoms with E-state index in [2.05, 4.69) is 20.6 Å². The average molecular weight is 480 g/mol. The highest BCUT2D eigenvalue weighted by molar-refractivity contribution is 6.04. The Balaban J connectivity index is 1.38. The number of hydrogen-bond donors (Lipinski definition) is 2. The Morgan fingerprint density at radius 3 is 2.44 bits per heavy atom. The van der Waals surface area contributed by atoms with Gasteiger partial charge in [0.1, 0.15) is 11.6 Å².